The van der Waals surface area contributed by atoms with Crippen LogP contribution < -0.4 is 5.32 Å². The molecule has 38 heavy (non-hydrogen) atoms. The number of rotatable bonds is 7. The number of alkyl halides is 3. The second-order valence-electron chi connectivity index (χ2n) is 9.42. The molecule has 1 fully saturated rings. The van der Waals surface area contributed by atoms with Crippen LogP contribution in [0, 0.1) is 12.7 Å². The van der Waals surface area contributed by atoms with Crippen LogP contribution in [0.15, 0.2) is 36.5 Å². The van der Waals surface area contributed by atoms with Crippen molar-refractivity contribution in [3.63, 3.8) is 0 Å². The topological polar surface area (TPSA) is 63.6 Å². The lowest BCUT2D eigenvalue weighted by Crippen LogP contribution is -2.38. The van der Waals surface area contributed by atoms with Crippen LogP contribution in [0.4, 0.5) is 17.6 Å². The molecular weight excluding hydrogens is 526 g/mol. The number of nitrogens with zero attached hydrogens (tertiary/aromatic N) is 2. The predicted molar refractivity (Wildman–Crippen MR) is 136 cm³/mol. The zero-order valence-corrected chi connectivity index (χ0v) is 21.8. The van der Waals surface area contributed by atoms with Crippen molar-refractivity contribution in [2.24, 2.45) is 0 Å². The van der Waals surface area contributed by atoms with Crippen molar-refractivity contribution in [1.29, 1.82) is 0 Å². The summed E-state index contributed by atoms with van der Waals surface area (Å²) in [6, 6.07) is 7.71. The fourth-order valence-electron chi connectivity index (χ4n) is 4.97. The van der Waals surface area contributed by atoms with Gasteiger partial charge in [0.1, 0.15) is 5.82 Å². The van der Waals surface area contributed by atoms with Gasteiger partial charge < -0.3 is 19.5 Å². The maximum absolute atomic E-state index is 14.6. The van der Waals surface area contributed by atoms with Gasteiger partial charge in [0.2, 0.25) is 0 Å². The summed E-state index contributed by atoms with van der Waals surface area (Å²) in [6.45, 7) is 3.38. The van der Waals surface area contributed by atoms with Crippen LogP contribution in [-0.2, 0) is 22.6 Å². The van der Waals surface area contributed by atoms with Crippen molar-refractivity contribution in [3.05, 3.63) is 69.6 Å². The third-order valence-corrected chi connectivity index (χ3v) is 7.24. The molecule has 1 saturated heterocycles. The number of aryl methyl sites for hydroxylation is 1. The highest BCUT2D eigenvalue weighted by atomic mass is 35.5. The van der Waals surface area contributed by atoms with Gasteiger partial charge in [-0.25, -0.2) is 4.39 Å². The second kappa shape index (κ2) is 11.3. The van der Waals surface area contributed by atoms with Crippen molar-refractivity contribution >= 4 is 34.3 Å². The molecule has 0 bridgehead atoms. The smallest absolute Gasteiger partial charge is 0.383 e. The van der Waals surface area contributed by atoms with Crippen molar-refractivity contribution in [3.8, 4) is 0 Å². The number of benzene rings is 2. The number of likely N-dealkylation sites (tertiary alicyclic amines) is 1. The molecule has 204 valence electrons. The summed E-state index contributed by atoms with van der Waals surface area (Å²) >= 11 is 6.52. The molecule has 0 atom stereocenters. The molecule has 0 spiro atoms. The van der Waals surface area contributed by atoms with E-state index in [1.54, 1.807) is 29.6 Å². The number of ether oxygens (including phenoxy) is 1. The van der Waals surface area contributed by atoms with Crippen molar-refractivity contribution < 1.29 is 31.9 Å². The maximum Gasteiger partial charge on any atom is 0.471 e. The lowest BCUT2D eigenvalue weighted by Gasteiger charge is -2.32. The lowest BCUT2D eigenvalue weighted by molar-refractivity contribution is -0.173. The van der Waals surface area contributed by atoms with E-state index in [4.69, 9.17) is 16.3 Å². The Morgan fingerprint density at radius 3 is 2.53 bits per heavy atom. The first-order valence-electron chi connectivity index (χ1n) is 12.2. The summed E-state index contributed by atoms with van der Waals surface area (Å²) in [6.07, 6.45) is -2.22. The van der Waals surface area contributed by atoms with Gasteiger partial charge >= 0.3 is 12.1 Å². The fourth-order valence-corrected chi connectivity index (χ4v) is 5.23. The SMILES string of the molecule is COCCn1cc(C(=O)N2CCC(c3cc(CNC(=O)C(F)(F)F)ccc3F)CC2)c2c(Cl)ccc(C)c21. The minimum atomic E-state index is -4.98. The minimum absolute atomic E-state index is 0.166. The highest BCUT2D eigenvalue weighted by Gasteiger charge is 2.38. The van der Waals surface area contributed by atoms with Gasteiger partial charge in [0.25, 0.3) is 5.91 Å². The van der Waals surface area contributed by atoms with Crippen LogP contribution in [0.3, 0.4) is 0 Å². The van der Waals surface area contributed by atoms with Gasteiger partial charge in [0, 0.05) is 44.9 Å². The number of nitrogens with one attached hydrogen (secondary N) is 1. The van der Waals surface area contributed by atoms with Gasteiger partial charge in [-0.3, -0.25) is 9.59 Å². The van der Waals surface area contributed by atoms with E-state index in [9.17, 15) is 27.2 Å². The predicted octanol–water partition coefficient (Wildman–Crippen LogP) is 5.59. The number of methoxy groups -OCH3 is 1. The van der Waals surface area contributed by atoms with Crippen LogP contribution in [-0.4, -0.2) is 54.3 Å². The van der Waals surface area contributed by atoms with E-state index >= 15 is 0 Å². The average molecular weight is 554 g/mol. The van der Waals surface area contributed by atoms with Crippen LogP contribution in [0.25, 0.3) is 10.9 Å². The van der Waals surface area contributed by atoms with E-state index in [2.05, 4.69) is 0 Å². The zero-order chi connectivity index (χ0) is 27.6. The van der Waals surface area contributed by atoms with E-state index in [0.29, 0.717) is 66.2 Å². The molecule has 11 heteroatoms. The molecule has 1 N–H and O–H groups in total. The Kier molecular flexibility index (Phi) is 8.32. The first-order chi connectivity index (χ1) is 18.0. The summed E-state index contributed by atoms with van der Waals surface area (Å²) in [7, 11) is 1.61. The molecule has 0 saturated carbocycles. The lowest BCUT2D eigenvalue weighted by atomic mass is 9.88. The molecule has 1 aliphatic rings. The normalized spacial score (nSPS) is 14.8. The summed E-state index contributed by atoms with van der Waals surface area (Å²) in [5.74, 6) is -2.90. The number of hydrogen-bond acceptors (Lipinski definition) is 3. The molecule has 3 aromatic rings. The Bertz CT molecular complexity index is 1350. The summed E-state index contributed by atoms with van der Waals surface area (Å²) in [5, 5.41) is 2.98. The minimum Gasteiger partial charge on any atom is -0.383 e. The van der Waals surface area contributed by atoms with Crippen LogP contribution in [0.2, 0.25) is 5.02 Å². The van der Waals surface area contributed by atoms with E-state index in [1.165, 1.54) is 18.2 Å². The molecule has 1 aromatic heterocycles. The number of halogens is 5. The average Bonchev–Trinajstić information content (AvgIpc) is 3.29. The zero-order valence-electron chi connectivity index (χ0n) is 21.0. The quantitative estimate of drug-likeness (QED) is 0.388. The van der Waals surface area contributed by atoms with Crippen LogP contribution in [0.1, 0.15) is 45.8 Å². The molecule has 2 amide bonds. The van der Waals surface area contributed by atoms with Crippen molar-refractivity contribution in [1.82, 2.24) is 14.8 Å². The van der Waals surface area contributed by atoms with E-state index < -0.39 is 17.9 Å². The number of piperidine rings is 1. The summed E-state index contributed by atoms with van der Waals surface area (Å²) in [5.41, 5.74) is 3.10. The van der Waals surface area contributed by atoms with Gasteiger partial charge in [-0.05, 0) is 54.5 Å². The molecule has 4 rings (SSSR count). The standard InChI is InChI=1S/C27H28ClF4N3O3/c1-16-3-5-21(28)23-20(15-35(24(16)23)11-12-38-2)25(36)34-9-7-18(8-10-34)19-13-17(4-6-22(19)29)14-33-26(37)27(30,31)32/h3-6,13,15,18H,7-12,14H2,1-2H3,(H,33,37). The number of carbonyl (C=O) groups is 2. The monoisotopic (exact) mass is 553 g/mol. The third-order valence-electron chi connectivity index (χ3n) is 6.93. The molecular formula is C27H28ClF4N3O3. The van der Waals surface area contributed by atoms with Gasteiger partial charge in [-0.1, -0.05) is 29.8 Å². The molecule has 1 aliphatic heterocycles. The van der Waals surface area contributed by atoms with Crippen LogP contribution >= 0.6 is 11.6 Å². The number of hydrogen-bond donors (Lipinski definition) is 1. The Balaban J connectivity index is 1.49. The molecule has 2 heterocycles. The van der Waals surface area contributed by atoms with E-state index in [1.807, 2.05) is 17.6 Å². The van der Waals surface area contributed by atoms with Gasteiger partial charge in [-0.2, -0.15) is 13.2 Å². The van der Waals surface area contributed by atoms with Crippen molar-refractivity contribution in [2.45, 2.75) is 44.9 Å². The molecule has 0 radical (unpaired) electrons. The maximum atomic E-state index is 14.6. The van der Waals surface area contributed by atoms with Gasteiger partial charge in [0.15, 0.2) is 0 Å². The number of fused-ring (bicyclic) bond motifs is 1. The number of aromatic nitrogens is 1. The first-order valence-corrected chi connectivity index (χ1v) is 12.6. The van der Waals surface area contributed by atoms with E-state index in [-0.39, 0.29) is 18.4 Å². The van der Waals surface area contributed by atoms with E-state index in [0.717, 1.165) is 11.1 Å². The molecule has 0 unspecified atom stereocenters. The Morgan fingerprint density at radius 2 is 1.87 bits per heavy atom. The highest BCUT2D eigenvalue weighted by molar-refractivity contribution is 6.37. The summed E-state index contributed by atoms with van der Waals surface area (Å²) < 4.78 is 59.3. The number of amides is 2. The Labute approximate surface area is 222 Å². The first kappa shape index (κ1) is 27.9. The Hall–Kier alpha value is -3.11. The fraction of sp³-hybridized carbons (Fsp3) is 0.407. The summed E-state index contributed by atoms with van der Waals surface area (Å²) in [4.78, 5) is 26.4. The number of carbonyl (C=O) groups excluding carboxylic acids is 2. The molecule has 6 nitrogen and oxygen atoms in total. The molecule has 0 aliphatic carbocycles. The second-order valence-corrected chi connectivity index (χ2v) is 9.83. The highest BCUT2D eigenvalue weighted by Crippen LogP contribution is 2.35. The Morgan fingerprint density at radius 1 is 1.16 bits per heavy atom. The van der Waals surface area contributed by atoms with Gasteiger partial charge in [-0.15, -0.1) is 0 Å². The third kappa shape index (κ3) is 5.81. The molecule has 2 aromatic carbocycles. The van der Waals surface area contributed by atoms with Crippen LogP contribution in [0.5, 0.6) is 0 Å². The van der Waals surface area contributed by atoms with Gasteiger partial charge in [0.05, 0.1) is 22.7 Å². The van der Waals surface area contributed by atoms with Crippen molar-refractivity contribution in [2.75, 3.05) is 26.8 Å². The largest absolute Gasteiger partial charge is 0.471 e.